The van der Waals surface area contributed by atoms with E-state index in [4.69, 9.17) is 0 Å². The first-order valence-electron chi connectivity index (χ1n) is 9.27. The molecule has 0 aliphatic carbocycles. The van der Waals surface area contributed by atoms with Crippen LogP contribution >= 0.6 is 11.8 Å². The van der Waals surface area contributed by atoms with Crippen molar-refractivity contribution in [2.24, 2.45) is 0 Å². The summed E-state index contributed by atoms with van der Waals surface area (Å²) in [5.41, 5.74) is 1.48. The Morgan fingerprint density at radius 1 is 1.04 bits per heavy atom. The van der Waals surface area contributed by atoms with Gasteiger partial charge < -0.3 is 10.6 Å². The van der Waals surface area contributed by atoms with Gasteiger partial charge in [-0.05, 0) is 55.5 Å². The van der Waals surface area contributed by atoms with E-state index in [0.29, 0.717) is 18.8 Å². The van der Waals surface area contributed by atoms with E-state index >= 15 is 0 Å². The van der Waals surface area contributed by atoms with Gasteiger partial charge in [0.1, 0.15) is 0 Å². The first-order chi connectivity index (χ1) is 13.5. The van der Waals surface area contributed by atoms with Crippen molar-refractivity contribution in [1.82, 2.24) is 4.31 Å². The highest BCUT2D eigenvalue weighted by atomic mass is 32.2. The fourth-order valence-electron chi connectivity index (χ4n) is 3.14. The average molecular weight is 420 g/mol. The number of nitrogens with one attached hydrogen (secondary N) is 2. The van der Waals surface area contributed by atoms with Gasteiger partial charge in [-0.2, -0.15) is 4.31 Å². The number of benzene rings is 2. The molecule has 1 saturated heterocycles. The molecule has 0 spiro atoms. The molecule has 150 valence electrons. The van der Waals surface area contributed by atoms with Crippen LogP contribution in [0.4, 0.5) is 11.4 Å². The van der Waals surface area contributed by atoms with Crippen molar-refractivity contribution < 1.29 is 13.2 Å². The molecule has 28 heavy (non-hydrogen) atoms. The minimum atomic E-state index is -3.46. The molecule has 1 amide bonds. The minimum absolute atomic E-state index is 0.130. The Bertz CT molecular complexity index is 909. The number of hydrogen-bond acceptors (Lipinski definition) is 5. The number of nitrogens with zero attached hydrogens (tertiary/aromatic N) is 1. The summed E-state index contributed by atoms with van der Waals surface area (Å²) in [6, 6.07) is 14.2. The van der Waals surface area contributed by atoms with Crippen molar-refractivity contribution in [3.63, 3.8) is 0 Å². The second-order valence-corrected chi connectivity index (χ2v) is 9.38. The van der Waals surface area contributed by atoms with Gasteiger partial charge in [0.15, 0.2) is 0 Å². The number of rotatable bonds is 7. The quantitative estimate of drug-likeness (QED) is 0.670. The maximum atomic E-state index is 12.7. The van der Waals surface area contributed by atoms with E-state index in [1.165, 1.54) is 4.31 Å². The lowest BCUT2D eigenvalue weighted by atomic mass is 10.2. The normalized spacial score (nSPS) is 15.2. The smallest absolute Gasteiger partial charge is 0.243 e. The van der Waals surface area contributed by atoms with Gasteiger partial charge >= 0.3 is 0 Å². The van der Waals surface area contributed by atoms with Crippen molar-refractivity contribution in [2.75, 3.05) is 36.5 Å². The standard InChI is InChI=1S/C20H25N3O3S2/c1-27-19-8-4-3-7-18(19)21-15-20(24)22-16-9-11-17(12-10-16)28(25,26)23-13-5-2-6-14-23/h3-4,7-12,21H,2,5-6,13-15H2,1H3,(H,22,24). The van der Waals surface area contributed by atoms with Gasteiger partial charge in [-0.1, -0.05) is 18.6 Å². The average Bonchev–Trinajstić information content (AvgIpc) is 2.73. The number of sulfonamides is 1. The zero-order chi connectivity index (χ0) is 20.0. The molecule has 2 aromatic carbocycles. The summed E-state index contributed by atoms with van der Waals surface area (Å²) >= 11 is 1.61. The van der Waals surface area contributed by atoms with Crippen molar-refractivity contribution in [3.8, 4) is 0 Å². The van der Waals surface area contributed by atoms with Crippen LogP contribution in [0.3, 0.4) is 0 Å². The van der Waals surface area contributed by atoms with Crippen LogP contribution in [0.15, 0.2) is 58.3 Å². The molecule has 1 aliphatic heterocycles. The molecule has 2 aromatic rings. The van der Waals surface area contributed by atoms with E-state index in [1.807, 2.05) is 30.5 Å². The fourth-order valence-corrected chi connectivity index (χ4v) is 5.23. The lowest BCUT2D eigenvalue weighted by Gasteiger charge is -2.25. The summed E-state index contributed by atoms with van der Waals surface area (Å²) in [5, 5.41) is 5.92. The first kappa shape index (κ1) is 20.7. The summed E-state index contributed by atoms with van der Waals surface area (Å²) in [4.78, 5) is 13.5. The number of thioether (sulfide) groups is 1. The number of carbonyl (C=O) groups is 1. The molecule has 0 saturated carbocycles. The van der Waals surface area contributed by atoms with Crippen molar-refractivity contribution in [2.45, 2.75) is 29.1 Å². The lowest BCUT2D eigenvalue weighted by molar-refractivity contribution is -0.114. The van der Waals surface area contributed by atoms with E-state index in [9.17, 15) is 13.2 Å². The Kier molecular flexibility index (Phi) is 6.98. The van der Waals surface area contributed by atoms with Crippen molar-refractivity contribution in [1.29, 1.82) is 0 Å². The Morgan fingerprint density at radius 3 is 2.39 bits per heavy atom. The molecule has 6 nitrogen and oxygen atoms in total. The Balaban J connectivity index is 1.58. The molecule has 0 radical (unpaired) electrons. The molecule has 2 N–H and O–H groups in total. The van der Waals surface area contributed by atoms with Gasteiger partial charge in [0.25, 0.3) is 0 Å². The van der Waals surface area contributed by atoms with Crippen LogP contribution in [-0.4, -0.2) is 44.5 Å². The molecule has 0 unspecified atom stereocenters. The second kappa shape index (κ2) is 9.45. The number of amides is 1. The second-order valence-electron chi connectivity index (χ2n) is 6.59. The number of anilines is 2. The summed E-state index contributed by atoms with van der Waals surface area (Å²) in [7, 11) is -3.46. The molecule has 1 heterocycles. The van der Waals surface area contributed by atoms with E-state index in [1.54, 1.807) is 36.0 Å². The van der Waals surface area contributed by atoms with Crippen LogP contribution < -0.4 is 10.6 Å². The molecule has 0 aromatic heterocycles. The van der Waals surface area contributed by atoms with Gasteiger partial charge in [-0.25, -0.2) is 8.42 Å². The van der Waals surface area contributed by atoms with E-state index in [-0.39, 0.29) is 17.3 Å². The van der Waals surface area contributed by atoms with E-state index < -0.39 is 10.0 Å². The molecule has 0 bridgehead atoms. The Morgan fingerprint density at radius 2 is 1.71 bits per heavy atom. The predicted octanol–water partition coefficient (Wildman–Crippen LogP) is 3.63. The molecular weight excluding hydrogens is 394 g/mol. The highest BCUT2D eigenvalue weighted by Gasteiger charge is 2.25. The van der Waals surface area contributed by atoms with Gasteiger partial charge in [-0.3, -0.25) is 4.79 Å². The molecular formula is C20H25N3O3S2. The minimum Gasteiger partial charge on any atom is -0.375 e. The summed E-state index contributed by atoms with van der Waals surface area (Å²) in [5.74, 6) is -0.192. The predicted molar refractivity (Wildman–Crippen MR) is 114 cm³/mol. The first-order valence-corrected chi connectivity index (χ1v) is 11.9. The van der Waals surface area contributed by atoms with Crippen LogP contribution in [0.25, 0.3) is 0 Å². The monoisotopic (exact) mass is 419 g/mol. The largest absolute Gasteiger partial charge is 0.375 e. The third kappa shape index (κ3) is 5.06. The third-order valence-electron chi connectivity index (χ3n) is 4.64. The third-order valence-corrected chi connectivity index (χ3v) is 7.35. The molecule has 1 fully saturated rings. The Labute approximate surface area is 170 Å². The molecule has 1 aliphatic rings. The van der Waals surface area contributed by atoms with Crippen molar-refractivity contribution in [3.05, 3.63) is 48.5 Å². The SMILES string of the molecule is CSc1ccccc1NCC(=O)Nc1ccc(S(=O)(=O)N2CCCCC2)cc1. The van der Waals surface area contributed by atoms with E-state index in [0.717, 1.165) is 29.8 Å². The van der Waals surface area contributed by atoms with E-state index in [2.05, 4.69) is 10.6 Å². The maximum absolute atomic E-state index is 12.7. The van der Waals surface area contributed by atoms with Crippen molar-refractivity contribution >= 4 is 39.1 Å². The number of hydrogen-bond donors (Lipinski definition) is 2. The van der Waals surface area contributed by atoms with Gasteiger partial charge in [0.2, 0.25) is 15.9 Å². The highest BCUT2D eigenvalue weighted by molar-refractivity contribution is 7.98. The van der Waals surface area contributed by atoms with Gasteiger partial charge in [0, 0.05) is 29.4 Å². The Hall–Kier alpha value is -2.03. The summed E-state index contributed by atoms with van der Waals surface area (Å²) < 4.78 is 26.9. The van der Waals surface area contributed by atoms with Crippen LogP contribution in [0.1, 0.15) is 19.3 Å². The molecule has 3 rings (SSSR count). The van der Waals surface area contributed by atoms with Crippen LogP contribution in [0.5, 0.6) is 0 Å². The number of para-hydroxylation sites is 1. The molecule has 0 atom stereocenters. The lowest BCUT2D eigenvalue weighted by Crippen LogP contribution is -2.35. The van der Waals surface area contributed by atoms with Gasteiger partial charge in [-0.15, -0.1) is 11.8 Å². The van der Waals surface area contributed by atoms with Gasteiger partial charge in [0.05, 0.1) is 11.4 Å². The molecule has 8 heteroatoms. The highest BCUT2D eigenvalue weighted by Crippen LogP contribution is 2.24. The van der Waals surface area contributed by atoms with Crippen LogP contribution in [-0.2, 0) is 14.8 Å². The number of carbonyl (C=O) groups excluding carboxylic acids is 1. The number of piperidine rings is 1. The zero-order valence-corrected chi connectivity index (χ0v) is 17.5. The fraction of sp³-hybridized carbons (Fsp3) is 0.350. The summed E-state index contributed by atoms with van der Waals surface area (Å²) in [6.07, 6.45) is 4.87. The maximum Gasteiger partial charge on any atom is 0.243 e. The van der Waals surface area contributed by atoms with Crippen LogP contribution in [0, 0.1) is 0 Å². The summed E-state index contributed by atoms with van der Waals surface area (Å²) in [6.45, 7) is 1.28. The topological polar surface area (TPSA) is 78.5 Å². The zero-order valence-electron chi connectivity index (χ0n) is 15.8. The van der Waals surface area contributed by atoms with Crippen LogP contribution in [0.2, 0.25) is 0 Å².